The number of fused-ring (bicyclic) bond motifs is 12. The lowest BCUT2D eigenvalue weighted by atomic mass is 10.1. The van der Waals surface area contributed by atoms with E-state index in [4.69, 9.17) is 0 Å². The number of hydrogen-bond donors (Lipinski definition) is 0. The van der Waals surface area contributed by atoms with Gasteiger partial charge in [0.05, 0.1) is 0 Å². The van der Waals surface area contributed by atoms with Crippen molar-refractivity contribution >= 4 is 98.1 Å². The van der Waals surface area contributed by atoms with E-state index in [2.05, 4.69) is 331 Å². The summed E-state index contributed by atoms with van der Waals surface area (Å²) in [6, 6.07) is 73.1. The highest BCUT2D eigenvalue weighted by Gasteiger charge is 2.10. The third-order valence-corrected chi connectivity index (χ3v) is 16.2. The highest BCUT2D eigenvalue weighted by molar-refractivity contribution is 6.10. The molecule has 0 amide bonds. The quantitative estimate of drug-likeness (QED) is 0.145. The second-order valence-corrected chi connectivity index (χ2v) is 21.4. The molecule has 0 fully saturated rings. The van der Waals surface area contributed by atoms with Crippen LogP contribution >= 0.6 is 0 Å². The van der Waals surface area contributed by atoms with Gasteiger partial charge < -0.3 is 27.4 Å². The van der Waals surface area contributed by atoms with Crippen molar-refractivity contribution in [1.29, 1.82) is 0 Å². The predicted molar refractivity (Wildman–Crippen MR) is 343 cm³/mol. The van der Waals surface area contributed by atoms with E-state index in [1.54, 1.807) is 0 Å². The lowest BCUT2D eigenvalue weighted by Gasteiger charge is -1.97. The first-order valence-electron chi connectivity index (χ1n) is 27.4. The van der Waals surface area contributed by atoms with E-state index in [0.29, 0.717) is 0 Å². The molecule has 0 radical (unpaired) electrons. The van der Waals surface area contributed by atoms with E-state index in [-0.39, 0.29) is 0 Å². The number of nitrogens with zero attached hydrogens (tertiary/aromatic N) is 6. The zero-order chi connectivity index (χ0) is 55.6. The van der Waals surface area contributed by atoms with Crippen LogP contribution in [0.5, 0.6) is 0 Å². The van der Waals surface area contributed by atoms with Crippen molar-refractivity contribution in [3.05, 3.63) is 252 Å². The summed E-state index contributed by atoms with van der Waals surface area (Å²) in [6.07, 6.45) is 2.16. The molecule has 6 nitrogen and oxygen atoms in total. The van der Waals surface area contributed by atoms with Gasteiger partial charge in [0.15, 0.2) is 0 Å². The van der Waals surface area contributed by atoms with Gasteiger partial charge in [0.25, 0.3) is 0 Å². The summed E-state index contributed by atoms with van der Waals surface area (Å²) in [5, 5.41) is 12.2. The summed E-state index contributed by atoms with van der Waals surface area (Å²) < 4.78 is 13.4. The zero-order valence-corrected chi connectivity index (χ0v) is 48.4. The van der Waals surface area contributed by atoms with Gasteiger partial charge in [-0.25, -0.2) is 0 Å². The Morgan fingerprint density at radius 1 is 0.253 bits per heavy atom. The van der Waals surface area contributed by atoms with Crippen LogP contribution in [0.1, 0.15) is 39.2 Å². The van der Waals surface area contributed by atoms with Crippen LogP contribution in [-0.2, 0) is 42.3 Å². The Balaban J connectivity index is 0.000000108. The third-order valence-electron chi connectivity index (χ3n) is 16.2. The molecular formula is C73H74N6. The summed E-state index contributed by atoms with van der Waals surface area (Å²) >= 11 is 0. The van der Waals surface area contributed by atoms with Gasteiger partial charge in [-0.15, -0.1) is 0 Å². The zero-order valence-electron chi connectivity index (χ0n) is 48.4. The predicted octanol–water partition coefficient (Wildman–Crippen LogP) is 18.7. The van der Waals surface area contributed by atoms with Gasteiger partial charge in [-0.1, -0.05) is 144 Å². The van der Waals surface area contributed by atoms with Gasteiger partial charge in [-0.3, -0.25) is 0 Å². The lowest BCUT2D eigenvalue weighted by Crippen LogP contribution is -1.89. The van der Waals surface area contributed by atoms with E-state index >= 15 is 0 Å². The van der Waals surface area contributed by atoms with Crippen LogP contribution in [0.2, 0.25) is 0 Å². The fraction of sp³-hybridized carbons (Fsp3) is 0.178. The molecule has 0 N–H and O–H groups in total. The van der Waals surface area contributed by atoms with E-state index in [0.717, 1.165) is 0 Å². The van der Waals surface area contributed by atoms with Crippen LogP contribution in [0.3, 0.4) is 0 Å². The lowest BCUT2D eigenvalue weighted by molar-refractivity contribution is 0.910. The van der Waals surface area contributed by atoms with Crippen LogP contribution in [0.25, 0.3) is 98.1 Å². The maximum absolute atomic E-state index is 2.27. The molecule has 6 heteroatoms. The highest BCUT2D eigenvalue weighted by atomic mass is 15.0. The topological polar surface area (TPSA) is 29.6 Å². The summed E-state index contributed by atoms with van der Waals surface area (Å²) in [5.41, 5.74) is 21.2. The first kappa shape index (κ1) is 53.4. The number of aryl methyl sites for hydroxylation is 12. The molecule has 0 atom stereocenters. The molecule has 15 aromatic rings. The van der Waals surface area contributed by atoms with Gasteiger partial charge in [-0.2, -0.15) is 0 Å². The van der Waals surface area contributed by atoms with Crippen LogP contribution in [0, 0.1) is 48.5 Å². The van der Waals surface area contributed by atoms with Crippen molar-refractivity contribution in [2.24, 2.45) is 42.3 Å². The number of rotatable bonds is 0. The fourth-order valence-corrected chi connectivity index (χ4v) is 11.5. The summed E-state index contributed by atoms with van der Waals surface area (Å²) in [6.45, 7) is 15.0. The highest BCUT2D eigenvalue weighted by Crippen LogP contribution is 2.31. The van der Waals surface area contributed by atoms with Gasteiger partial charge in [0.1, 0.15) is 0 Å². The minimum atomic E-state index is 1.30. The third kappa shape index (κ3) is 10.5. The van der Waals surface area contributed by atoms with Gasteiger partial charge >= 0.3 is 0 Å². The number of para-hydroxylation sites is 6. The van der Waals surface area contributed by atoms with Crippen molar-refractivity contribution in [1.82, 2.24) is 27.4 Å². The molecule has 0 spiro atoms. The summed E-state index contributed by atoms with van der Waals surface area (Å²) in [5.74, 6) is 0. The number of benzene rings is 9. The van der Waals surface area contributed by atoms with E-state index in [1.165, 1.54) is 137 Å². The van der Waals surface area contributed by atoms with Gasteiger partial charge in [0.2, 0.25) is 0 Å². The Morgan fingerprint density at radius 2 is 0.582 bits per heavy atom. The van der Waals surface area contributed by atoms with Gasteiger partial charge in [0, 0.05) is 153 Å². The molecule has 0 bridgehead atoms. The Kier molecular flexibility index (Phi) is 15.2. The van der Waals surface area contributed by atoms with E-state index in [9.17, 15) is 0 Å². The fourth-order valence-electron chi connectivity index (χ4n) is 11.5. The molecule has 0 aliphatic heterocycles. The molecule has 15 rings (SSSR count). The van der Waals surface area contributed by atoms with Crippen LogP contribution in [-0.4, -0.2) is 27.4 Å². The molecule has 0 aliphatic rings. The Labute approximate surface area is 465 Å². The maximum Gasteiger partial charge on any atom is 0.0488 e. The first-order valence-corrected chi connectivity index (χ1v) is 27.4. The molecule has 0 unspecified atom stereocenters. The second-order valence-electron chi connectivity index (χ2n) is 21.4. The minimum absolute atomic E-state index is 1.30. The minimum Gasteiger partial charge on any atom is -0.350 e. The Hall–Kier alpha value is -9.00. The molecule has 6 heterocycles. The molecule has 0 saturated carbocycles. The molecular weight excluding hydrogens is 961 g/mol. The van der Waals surface area contributed by atoms with Crippen molar-refractivity contribution in [3.8, 4) is 0 Å². The maximum atomic E-state index is 2.27. The standard InChI is InChI=1S/C15H15N.C14H13N.C13H11N.C11H13N.2C10H11N/c1-10-4-6-14-12(8-10)13-9-11(2)5-7-15(13)16(14)3;1-10-7-8-14-12(9-10)11-5-3-4-6-13(11)15(14)2;1-14-12-8-4-2-6-10(12)11-7-3-5-9-13(11)14;1-8-9(2)12(3)11-7-5-4-6-10(8)11;1-8-7-11(2)10-6-4-3-5-9(8)10;1-8-7-9-5-3-4-6-10(9)11(8)2/h4-9H,1-3H3;3-9H,1-2H3;2-9H,1H3;4-7H,1-3H3;2*3-7H,1-2H3. The molecule has 9 aromatic carbocycles. The Bertz CT molecular complexity index is 4460. The normalized spacial score (nSPS) is 11.1. The molecule has 396 valence electrons. The van der Waals surface area contributed by atoms with Gasteiger partial charge in [-0.05, 0) is 144 Å². The SMILES string of the molecule is Cc1c(C)n(C)c2ccccc12.Cc1cc2ccccc2n1C.Cc1ccc2c(c1)c1cc(C)ccc1n2C.Cc1ccc2c(c1)c1ccccc1n2C.Cc1cn(C)c2ccccc12.Cn1c2ccccc2c2ccccc21. The number of hydrogen-bond acceptors (Lipinski definition) is 0. The van der Waals surface area contributed by atoms with E-state index < -0.39 is 0 Å². The molecule has 0 aliphatic carbocycles. The molecule has 0 saturated heterocycles. The Morgan fingerprint density at radius 3 is 1.00 bits per heavy atom. The average molecular weight is 1040 g/mol. The second kappa shape index (κ2) is 22.5. The van der Waals surface area contributed by atoms with Crippen LogP contribution < -0.4 is 0 Å². The first-order chi connectivity index (χ1) is 38.1. The van der Waals surface area contributed by atoms with Crippen LogP contribution in [0.4, 0.5) is 0 Å². The largest absolute Gasteiger partial charge is 0.350 e. The monoisotopic (exact) mass is 1030 g/mol. The van der Waals surface area contributed by atoms with Crippen molar-refractivity contribution in [2.75, 3.05) is 0 Å². The average Bonchev–Trinajstić information content (AvgIpc) is 4.35. The molecule has 6 aromatic heterocycles. The van der Waals surface area contributed by atoms with E-state index in [1.807, 2.05) is 0 Å². The van der Waals surface area contributed by atoms with Crippen molar-refractivity contribution in [2.45, 2.75) is 48.5 Å². The number of aromatic nitrogens is 6. The smallest absolute Gasteiger partial charge is 0.0488 e. The van der Waals surface area contributed by atoms with Crippen molar-refractivity contribution < 1.29 is 0 Å². The van der Waals surface area contributed by atoms with Crippen LogP contribution in [0.15, 0.2) is 212 Å². The summed E-state index contributed by atoms with van der Waals surface area (Å²) in [4.78, 5) is 0. The van der Waals surface area contributed by atoms with Crippen molar-refractivity contribution in [3.63, 3.8) is 0 Å². The summed E-state index contributed by atoms with van der Waals surface area (Å²) in [7, 11) is 12.7. The molecule has 79 heavy (non-hydrogen) atoms.